The topological polar surface area (TPSA) is 77.2 Å². The molecule has 2 aromatic carbocycles. The molecule has 1 atom stereocenters. The van der Waals surface area contributed by atoms with E-state index >= 15 is 0 Å². The Morgan fingerprint density at radius 2 is 1.82 bits per heavy atom. The molecule has 1 N–H and O–H groups in total. The first-order chi connectivity index (χ1) is 13.3. The summed E-state index contributed by atoms with van der Waals surface area (Å²) in [6, 6.07) is 16.4. The van der Waals surface area contributed by atoms with Crippen LogP contribution in [0.3, 0.4) is 0 Å². The molecule has 3 rings (SSSR count). The van der Waals surface area contributed by atoms with Crippen molar-refractivity contribution in [1.29, 1.82) is 0 Å². The number of carbonyl (C=O) groups is 1. The molecule has 28 heavy (non-hydrogen) atoms. The molecule has 0 fully saturated rings. The van der Waals surface area contributed by atoms with E-state index in [1.807, 2.05) is 63.2 Å². The SMILES string of the molecule is CC(C)(C)C(NC(=O)COc1ccc(Br)cc1)c1nc(-c2ccccc2)no1. The van der Waals surface area contributed by atoms with Crippen molar-refractivity contribution in [2.45, 2.75) is 26.8 Å². The van der Waals surface area contributed by atoms with E-state index in [2.05, 4.69) is 31.4 Å². The van der Waals surface area contributed by atoms with Crippen molar-refractivity contribution in [3.05, 3.63) is 65.0 Å². The molecule has 1 heterocycles. The number of ether oxygens (including phenoxy) is 1. The molecule has 146 valence electrons. The molecule has 0 spiro atoms. The number of amides is 1. The van der Waals surface area contributed by atoms with Gasteiger partial charge in [0.2, 0.25) is 11.7 Å². The number of benzene rings is 2. The third-order valence-electron chi connectivity index (χ3n) is 4.08. The van der Waals surface area contributed by atoms with Gasteiger partial charge in [-0.2, -0.15) is 4.98 Å². The Hall–Kier alpha value is -2.67. The lowest BCUT2D eigenvalue weighted by molar-refractivity contribution is -0.124. The lowest BCUT2D eigenvalue weighted by Gasteiger charge is -2.28. The van der Waals surface area contributed by atoms with E-state index in [1.54, 1.807) is 12.1 Å². The molecule has 1 unspecified atom stereocenters. The standard InChI is InChI=1S/C21H22BrN3O3/c1-21(2,3)18(20-24-19(25-28-20)14-7-5-4-6-8-14)23-17(26)13-27-16-11-9-15(22)10-12-16/h4-12,18H,13H2,1-3H3,(H,23,26). The van der Waals surface area contributed by atoms with Crippen LogP contribution >= 0.6 is 15.9 Å². The van der Waals surface area contributed by atoms with Crippen LogP contribution in [0.1, 0.15) is 32.7 Å². The van der Waals surface area contributed by atoms with Crippen LogP contribution < -0.4 is 10.1 Å². The summed E-state index contributed by atoms with van der Waals surface area (Å²) in [6.07, 6.45) is 0. The maximum atomic E-state index is 12.5. The normalized spacial score (nSPS) is 12.4. The van der Waals surface area contributed by atoms with Crippen molar-refractivity contribution in [3.8, 4) is 17.1 Å². The number of carbonyl (C=O) groups excluding carboxylic acids is 1. The van der Waals surface area contributed by atoms with E-state index in [1.165, 1.54) is 0 Å². The van der Waals surface area contributed by atoms with E-state index in [0.29, 0.717) is 17.5 Å². The Kier molecular flexibility index (Phi) is 6.14. The van der Waals surface area contributed by atoms with E-state index in [9.17, 15) is 4.79 Å². The predicted octanol–water partition coefficient (Wildman–Crippen LogP) is 4.78. The fraction of sp³-hybridized carbons (Fsp3) is 0.286. The van der Waals surface area contributed by atoms with Gasteiger partial charge in [0.05, 0.1) is 0 Å². The average molecular weight is 444 g/mol. The van der Waals surface area contributed by atoms with Gasteiger partial charge in [0.1, 0.15) is 11.8 Å². The van der Waals surface area contributed by atoms with Gasteiger partial charge in [-0.15, -0.1) is 0 Å². The number of aromatic nitrogens is 2. The van der Waals surface area contributed by atoms with Crippen LogP contribution in [-0.2, 0) is 4.79 Å². The van der Waals surface area contributed by atoms with Gasteiger partial charge in [-0.1, -0.05) is 72.2 Å². The van der Waals surface area contributed by atoms with Gasteiger partial charge in [-0.3, -0.25) is 4.79 Å². The predicted molar refractivity (Wildman–Crippen MR) is 110 cm³/mol. The van der Waals surface area contributed by atoms with Crippen LogP contribution in [0.15, 0.2) is 63.6 Å². The largest absolute Gasteiger partial charge is 0.484 e. The van der Waals surface area contributed by atoms with Crippen LogP contribution in [-0.4, -0.2) is 22.7 Å². The summed E-state index contributed by atoms with van der Waals surface area (Å²) in [6.45, 7) is 5.90. The molecule has 0 aliphatic carbocycles. The maximum Gasteiger partial charge on any atom is 0.258 e. The van der Waals surface area contributed by atoms with Crippen LogP contribution in [0.5, 0.6) is 5.75 Å². The summed E-state index contributed by atoms with van der Waals surface area (Å²) in [4.78, 5) is 16.9. The van der Waals surface area contributed by atoms with Crippen LogP contribution in [0.25, 0.3) is 11.4 Å². The first-order valence-corrected chi connectivity index (χ1v) is 9.69. The highest BCUT2D eigenvalue weighted by atomic mass is 79.9. The average Bonchev–Trinajstić information content (AvgIpc) is 3.15. The Morgan fingerprint density at radius 1 is 1.14 bits per heavy atom. The minimum atomic E-state index is -0.446. The number of nitrogens with one attached hydrogen (secondary N) is 1. The zero-order valence-electron chi connectivity index (χ0n) is 16.0. The minimum Gasteiger partial charge on any atom is -0.484 e. The monoisotopic (exact) mass is 443 g/mol. The molecule has 0 aliphatic rings. The Morgan fingerprint density at radius 3 is 2.46 bits per heavy atom. The first kappa shape index (κ1) is 20.1. The summed E-state index contributed by atoms with van der Waals surface area (Å²) in [5.74, 6) is 1.21. The number of rotatable bonds is 6. The van der Waals surface area contributed by atoms with E-state index in [4.69, 9.17) is 9.26 Å². The van der Waals surface area contributed by atoms with Gasteiger partial charge in [0, 0.05) is 10.0 Å². The second-order valence-corrected chi connectivity index (χ2v) is 8.35. The van der Waals surface area contributed by atoms with Crippen molar-refractivity contribution in [1.82, 2.24) is 15.5 Å². The van der Waals surface area contributed by atoms with E-state index in [0.717, 1.165) is 10.0 Å². The number of hydrogen-bond acceptors (Lipinski definition) is 5. The van der Waals surface area contributed by atoms with Gasteiger partial charge in [0.15, 0.2) is 6.61 Å². The molecule has 6 nitrogen and oxygen atoms in total. The van der Waals surface area contributed by atoms with Crippen LogP contribution in [0.4, 0.5) is 0 Å². The van der Waals surface area contributed by atoms with Crippen molar-refractivity contribution < 1.29 is 14.1 Å². The van der Waals surface area contributed by atoms with Gasteiger partial charge >= 0.3 is 0 Å². The maximum absolute atomic E-state index is 12.5. The zero-order chi connectivity index (χ0) is 20.1. The number of halogens is 1. The van der Waals surface area contributed by atoms with E-state index in [-0.39, 0.29) is 17.9 Å². The van der Waals surface area contributed by atoms with E-state index < -0.39 is 6.04 Å². The van der Waals surface area contributed by atoms with Gasteiger partial charge in [-0.05, 0) is 29.7 Å². The molecule has 1 aromatic heterocycles. The highest BCUT2D eigenvalue weighted by molar-refractivity contribution is 9.10. The lowest BCUT2D eigenvalue weighted by atomic mass is 9.86. The Labute approximate surface area is 172 Å². The molecule has 1 amide bonds. The van der Waals surface area contributed by atoms with Crippen LogP contribution in [0.2, 0.25) is 0 Å². The molecule has 0 aliphatic heterocycles. The molecule has 7 heteroatoms. The van der Waals surface area contributed by atoms with Crippen molar-refractivity contribution >= 4 is 21.8 Å². The fourth-order valence-corrected chi connectivity index (χ4v) is 2.85. The summed E-state index contributed by atoms with van der Waals surface area (Å²) >= 11 is 3.37. The number of hydrogen-bond donors (Lipinski definition) is 1. The molecular formula is C21H22BrN3O3. The Balaban J connectivity index is 1.70. The minimum absolute atomic E-state index is 0.103. The van der Waals surface area contributed by atoms with Crippen molar-refractivity contribution in [2.75, 3.05) is 6.61 Å². The molecule has 0 radical (unpaired) electrons. The molecule has 0 saturated carbocycles. The van der Waals surface area contributed by atoms with Crippen molar-refractivity contribution in [3.63, 3.8) is 0 Å². The second kappa shape index (κ2) is 8.56. The van der Waals surface area contributed by atoms with Gasteiger partial charge < -0.3 is 14.6 Å². The molecule has 0 bridgehead atoms. The van der Waals surface area contributed by atoms with Gasteiger partial charge in [0.25, 0.3) is 5.91 Å². The molecular weight excluding hydrogens is 422 g/mol. The zero-order valence-corrected chi connectivity index (χ0v) is 17.6. The quantitative estimate of drug-likeness (QED) is 0.592. The fourth-order valence-electron chi connectivity index (χ4n) is 2.59. The van der Waals surface area contributed by atoms with Crippen LogP contribution in [0, 0.1) is 5.41 Å². The first-order valence-electron chi connectivity index (χ1n) is 8.90. The highest BCUT2D eigenvalue weighted by Crippen LogP contribution is 2.32. The Bertz CT molecular complexity index is 918. The molecule has 3 aromatic rings. The third kappa shape index (κ3) is 5.19. The second-order valence-electron chi connectivity index (χ2n) is 7.43. The third-order valence-corrected chi connectivity index (χ3v) is 4.60. The lowest BCUT2D eigenvalue weighted by Crippen LogP contribution is -2.39. The van der Waals surface area contributed by atoms with Crippen molar-refractivity contribution in [2.24, 2.45) is 5.41 Å². The van der Waals surface area contributed by atoms with Gasteiger partial charge in [-0.25, -0.2) is 0 Å². The summed E-state index contributed by atoms with van der Waals surface area (Å²) in [7, 11) is 0. The number of nitrogens with zero attached hydrogens (tertiary/aromatic N) is 2. The molecule has 0 saturated heterocycles. The summed E-state index contributed by atoms with van der Waals surface area (Å²) in [5, 5.41) is 7.01. The smallest absolute Gasteiger partial charge is 0.258 e. The summed E-state index contributed by atoms with van der Waals surface area (Å²) in [5.41, 5.74) is 0.531. The highest BCUT2D eigenvalue weighted by Gasteiger charge is 2.33. The summed E-state index contributed by atoms with van der Waals surface area (Å²) < 4.78 is 12.0.